The van der Waals surface area contributed by atoms with Crippen molar-refractivity contribution in [1.82, 2.24) is 4.72 Å². The molecule has 0 aliphatic heterocycles. The van der Waals surface area contributed by atoms with Gasteiger partial charge in [0.2, 0.25) is 10.0 Å². The second kappa shape index (κ2) is 5.61. The number of sulfonamides is 1. The van der Waals surface area contributed by atoms with Crippen molar-refractivity contribution in [2.75, 3.05) is 12.3 Å². The molecular formula is C13H18BrFN2O2S. The molecule has 0 spiro atoms. The van der Waals surface area contributed by atoms with Crippen LogP contribution in [0.15, 0.2) is 21.5 Å². The molecule has 1 saturated carbocycles. The Morgan fingerprint density at radius 2 is 2.10 bits per heavy atom. The molecule has 2 rings (SSSR count). The molecule has 0 radical (unpaired) electrons. The van der Waals surface area contributed by atoms with Crippen LogP contribution in [-0.4, -0.2) is 15.0 Å². The van der Waals surface area contributed by atoms with Gasteiger partial charge in [0, 0.05) is 6.54 Å². The Morgan fingerprint density at radius 3 is 2.65 bits per heavy atom. The van der Waals surface area contributed by atoms with Gasteiger partial charge in [0.1, 0.15) is 10.7 Å². The number of hydrogen-bond acceptors (Lipinski definition) is 3. The summed E-state index contributed by atoms with van der Waals surface area (Å²) in [5, 5.41) is 0. The molecule has 1 aromatic rings. The maximum Gasteiger partial charge on any atom is 0.242 e. The number of nitrogen functional groups attached to an aromatic ring is 1. The van der Waals surface area contributed by atoms with Crippen molar-refractivity contribution in [1.29, 1.82) is 0 Å². The van der Waals surface area contributed by atoms with Gasteiger partial charge in [-0.25, -0.2) is 17.5 Å². The highest BCUT2D eigenvalue weighted by Crippen LogP contribution is 2.49. The van der Waals surface area contributed by atoms with Crippen molar-refractivity contribution in [2.24, 2.45) is 5.41 Å². The summed E-state index contributed by atoms with van der Waals surface area (Å²) in [5.74, 6) is -0.578. The van der Waals surface area contributed by atoms with Crippen LogP contribution in [-0.2, 0) is 10.0 Å². The summed E-state index contributed by atoms with van der Waals surface area (Å²) in [7, 11) is -3.71. The fraction of sp³-hybridized carbons (Fsp3) is 0.538. The first kappa shape index (κ1) is 15.7. The Morgan fingerprint density at radius 1 is 1.45 bits per heavy atom. The molecule has 1 fully saturated rings. The molecule has 1 aromatic carbocycles. The third-order valence-electron chi connectivity index (χ3n) is 3.72. The van der Waals surface area contributed by atoms with Gasteiger partial charge >= 0.3 is 0 Å². The summed E-state index contributed by atoms with van der Waals surface area (Å²) in [6.07, 6.45) is 4.14. The molecule has 0 saturated heterocycles. The lowest BCUT2D eigenvalue weighted by Gasteiger charge is -2.16. The van der Waals surface area contributed by atoms with E-state index < -0.39 is 15.8 Å². The van der Waals surface area contributed by atoms with E-state index in [4.69, 9.17) is 5.73 Å². The summed E-state index contributed by atoms with van der Waals surface area (Å²) in [5.41, 5.74) is 5.63. The van der Waals surface area contributed by atoms with Gasteiger partial charge in [0.25, 0.3) is 0 Å². The Bertz CT molecular complexity index is 615. The first-order valence-corrected chi connectivity index (χ1v) is 8.81. The van der Waals surface area contributed by atoms with E-state index >= 15 is 0 Å². The third-order valence-corrected chi connectivity index (χ3v) is 5.78. The van der Waals surface area contributed by atoms with Gasteiger partial charge in [-0.05, 0) is 52.7 Å². The molecule has 1 aliphatic carbocycles. The minimum Gasteiger partial charge on any atom is -0.398 e. The Balaban J connectivity index is 2.17. The van der Waals surface area contributed by atoms with Crippen molar-refractivity contribution in [3.05, 3.63) is 22.4 Å². The molecule has 112 valence electrons. The molecular weight excluding hydrogens is 347 g/mol. The van der Waals surface area contributed by atoms with Gasteiger partial charge in [-0.3, -0.25) is 0 Å². The van der Waals surface area contributed by atoms with Crippen LogP contribution in [0.5, 0.6) is 0 Å². The van der Waals surface area contributed by atoms with Crippen molar-refractivity contribution in [2.45, 2.75) is 37.5 Å². The van der Waals surface area contributed by atoms with E-state index in [1.807, 2.05) is 0 Å². The molecule has 20 heavy (non-hydrogen) atoms. The minimum atomic E-state index is -3.71. The standard InChI is InChI=1S/C13H18BrFN2O2S/c1-2-3-13(4-5-13)8-17-20(18,19)12-6-9(14)10(15)7-11(12)16/h6-7,17H,2-5,8,16H2,1H3. The van der Waals surface area contributed by atoms with E-state index in [0.717, 1.165) is 31.7 Å². The van der Waals surface area contributed by atoms with E-state index in [0.29, 0.717) is 6.54 Å². The van der Waals surface area contributed by atoms with Crippen LogP contribution in [0.4, 0.5) is 10.1 Å². The summed E-state index contributed by atoms with van der Waals surface area (Å²) < 4.78 is 40.5. The zero-order chi connectivity index (χ0) is 15.0. The topological polar surface area (TPSA) is 72.2 Å². The predicted octanol–water partition coefficient (Wildman–Crippen LogP) is 3.03. The number of benzene rings is 1. The molecule has 0 unspecified atom stereocenters. The first-order chi connectivity index (χ1) is 9.30. The normalized spacial score (nSPS) is 17.1. The van der Waals surface area contributed by atoms with Crippen LogP contribution < -0.4 is 10.5 Å². The lowest BCUT2D eigenvalue weighted by molar-refractivity contribution is 0.449. The zero-order valence-corrected chi connectivity index (χ0v) is 13.7. The number of nitrogens with two attached hydrogens (primary N) is 1. The van der Waals surface area contributed by atoms with E-state index in [2.05, 4.69) is 27.6 Å². The lowest BCUT2D eigenvalue weighted by Crippen LogP contribution is -2.30. The minimum absolute atomic E-state index is 0.0847. The highest BCUT2D eigenvalue weighted by atomic mass is 79.9. The van der Waals surface area contributed by atoms with E-state index in [9.17, 15) is 12.8 Å². The van der Waals surface area contributed by atoms with Crippen molar-refractivity contribution < 1.29 is 12.8 Å². The second-order valence-electron chi connectivity index (χ2n) is 5.38. The van der Waals surface area contributed by atoms with E-state index in [-0.39, 0.29) is 20.5 Å². The molecule has 4 nitrogen and oxygen atoms in total. The van der Waals surface area contributed by atoms with Crippen LogP contribution in [0.1, 0.15) is 32.6 Å². The van der Waals surface area contributed by atoms with Crippen LogP contribution in [0, 0.1) is 11.2 Å². The fourth-order valence-corrected chi connectivity index (χ4v) is 4.11. The third kappa shape index (κ3) is 3.32. The number of anilines is 1. The van der Waals surface area contributed by atoms with Gasteiger partial charge in [-0.2, -0.15) is 0 Å². The first-order valence-electron chi connectivity index (χ1n) is 6.54. The van der Waals surface area contributed by atoms with Gasteiger partial charge in [0.05, 0.1) is 10.2 Å². The van der Waals surface area contributed by atoms with Crippen LogP contribution in [0.3, 0.4) is 0 Å². The highest BCUT2D eigenvalue weighted by molar-refractivity contribution is 9.10. The van der Waals surface area contributed by atoms with Gasteiger partial charge in [-0.15, -0.1) is 0 Å². The fourth-order valence-electron chi connectivity index (χ4n) is 2.32. The van der Waals surface area contributed by atoms with Crippen molar-refractivity contribution in [3.8, 4) is 0 Å². The Hall–Kier alpha value is -0.660. The van der Waals surface area contributed by atoms with Crippen molar-refractivity contribution in [3.63, 3.8) is 0 Å². The summed E-state index contributed by atoms with van der Waals surface area (Å²) in [4.78, 5) is -0.0851. The summed E-state index contributed by atoms with van der Waals surface area (Å²) in [6.45, 7) is 2.50. The molecule has 3 N–H and O–H groups in total. The molecule has 0 heterocycles. The Labute approximate surface area is 127 Å². The number of halogens is 2. The summed E-state index contributed by atoms with van der Waals surface area (Å²) in [6, 6.07) is 2.21. The summed E-state index contributed by atoms with van der Waals surface area (Å²) >= 11 is 2.98. The quantitative estimate of drug-likeness (QED) is 0.762. The van der Waals surface area contributed by atoms with Crippen molar-refractivity contribution >= 4 is 31.6 Å². The van der Waals surface area contributed by atoms with Crippen LogP contribution >= 0.6 is 15.9 Å². The highest BCUT2D eigenvalue weighted by Gasteiger charge is 2.42. The van der Waals surface area contributed by atoms with E-state index in [1.54, 1.807) is 0 Å². The second-order valence-corrected chi connectivity index (χ2v) is 7.97. The van der Waals surface area contributed by atoms with Gasteiger partial charge < -0.3 is 5.73 Å². The average molecular weight is 365 g/mol. The van der Waals surface area contributed by atoms with Gasteiger partial charge in [0.15, 0.2) is 0 Å². The SMILES string of the molecule is CCCC1(CNS(=O)(=O)c2cc(Br)c(F)cc2N)CC1. The smallest absolute Gasteiger partial charge is 0.242 e. The van der Waals surface area contributed by atoms with Gasteiger partial charge in [-0.1, -0.05) is 13.3 Å². The average Bonchev–Trinajstić information content (AvgIpc) is 3.12. The lowest BCUT2D eigenvalue weighted by atomic mass is 10.0. The number of rotatable bonds is 6. The zero-order valence-electron chi connectivity index (χ0n) is 11.2. The number of nitrogens with one attached hydrogen (secondary N) is 1. The maximum atomic E-state index is 13.3. The molecule has 0 bridgehead atoms. The molecule has 0 aromatic heterocycles. The Kier molecular flexibility index (Phi) is 4.41. The molecule has 7 heteroatoms. The molecule has 0 amide bonds. The monoisotopic (exact) mass is 364 g/mol. The predicted molar refractivity (Wildman–Crippen MR) is 80.3 cm³/mol. The number of hydrogen-bond donors (Lipinski definition) is 2. The molecule has 1 aliphatic rings. The molecule has 0 atom stereocenters. The maximum absolute atomic E-state index is 13.3. The largest absolute Gasteiger partial charge is 0.398 e. The van der Waals surface area contributed by atoms with Crippen LogP contribution in [0.25, 0.3) is 0 Å². The van der Waals surface area contributed by atoms with E-state index in [1.165, 1.54) is 6.07 Å². The van der Waals surface area contributed by atoms with Crippen LogP contribution in [0.2, 0.25) is 0 Å².